The number of carbonyl (C=O) groups is 1. The lowest BCUT2D eigenvalue weighted by Gasteiger charge is -2.40. The molecule has 1 N–H and O–H groups in total. The Bertz CT molecular complexity index is 1230. The summed E-state index contributed by atoms with van der Waals surface area (Å²) in [4.78, 5) is 25.9. The van der Waals surface area contributed by atoms with Crippen molar-refractivity contribution in [3.8, 4) is 0 Å². The highest BCUT2D eigenvalue weighted by Gasteiger charge is 2.62. The van der Waals surface area contributed by atoms with Gasteiger partial charge in [-0.05, 0) is 37.2 Å². The summed E-state index contributed by atoms with van der Waals surface area (Å²) >= 11 is 0. The lowest BCUT2D eigenvalue weighted by atomic mass is 10.0. The Labute approximate surface area is 200 Å². The van der Waals surface area contributed by atoms with Crippen LogP contribution in [-0.2, 0) is 13.9 Å². The van der Waals surface area contributed by atoms with E-state index in [0.717, 1.165) is 0 Å². The molecule has 0 spiro atoms. The normalized spacial score (nSPS) is 26.8. The van der Waals surface area contributed by atoms with Crippen molar-refractivity contribution in [2.45, 2.75) is 69.9 Å². The van der Waals surface area contributed by atoms with Crippen LogP contribution in [-0.4, -0.2) is 58.2 Å². The van der Waals surface area contributed by atoms with Gasteiger partial charge in [0.25, 0.3) is 5.91 Å². The summed E-state index contributed by atoms with van der Waals surface area (Å²) in [5, 5.41) is 2.92. The van der Waals surface area contributed by atoms with Gasteiger partial charge in [-0.1, -0.05) is 39.0 Å². The van der Waals surface area contributed by atoms with E-state index >= 15 is 0 Å². The molecule has 0 aliphatic carbocycles. The van der Waals surface area contributed by atoms with Gasteiger partial charge in [-0.2, -0.15) is 0 Å². The maximum atomic E-state index is 12.7. The first kappa shape index (κ1) is 23.1. The standard InChI is InChI=1S/C24H31N5O4Si/c1-23(2,3)34(5,6)33-18-17-22(32-24(18,4)12-31-17)29-14-27-16-19(25-13-26-20(16)29)28-21(30)15-10-8-7-9-11-15/h7-11,13-14,17-18,22H,12H2,1-6H3,(H,25,26,28,30)/t17-,18+,22-,24-/m1/s1. The van der Waals surface area contributed by atoms with E-state index in [4.69, 9.17) is 13.9 Å². The molecule has 1 aromatic carbocycles. The molecule has 2 fully saturated rings. The molecular weight excluding hydrogens is 450 g/mol. The monoisotopic (exact) mass is 481 g/mol. The lowest BCUT2D eigenvalue weighted by Crippen LogP contribution is -2.50. The number of nitrogens with zero attached hydrogens (tertiary/aromatic N) is 4. The fraction of sp³-hybridized carbons (Fsp3) is 0.500. The van der Waals surface area contributed by atoms with E-state index in [1.165, 1.54) is 6.33 Å². The average molecular weight is 482 g/mol. The van der Waals surface area contributed by atoms with E-state index in [2.05, 4.69) is 54.1 Å². The Balaban J connectivity index is 1.43. The third-order valence-corrected chi connectivity index (χ3v) is 11.7. The lowest BCUT2D eigenvalue weighted by molar-refractivity contribution is -0.164. The third kappa shape index (κ3) is 3.74. The highest BCUT2D eigenvalue weighted by molar-refractivity contribution is 6.74. The summed E-state index contributed by atoms with van der Waals surface area (Å²) in [5.74, 6) is 0.0898. The van der Waals surface area contributed by atoms with Crippen molar-refractivity contribution in [2.24, 2.45) is 0 Å². The Hall–Kier alpha value is -2.66. The first-order valence-electron chi connectivity index (χ1n) is 11.5. The number of amides is 1. The number of nitrogens with one attached hydrogen (secondary N) is 1. The third-order valence-electron chi connectivity index (χ3n) is 7.26. The molecule has 1 amide bonds. The van der Waals surface area contributed by atoms with Crippen molar-refractivity contribution >= 4 is 31.2 Å². The zero-order valence-electron chi connectivity index (χ0n) is 20.4. The molecule has 0 radical (unpaired) electrons. The number of ether oxygens (including phenoxy) is 2. The molecule has 2 bridgehead atoms. The van der Waals surface area contributed by atoms with E-state index in [9.17, 15) is 4.79 Å². The Kier molecular flexibility index (Phi) is 5.40. The van der Waals surface area contributed by atoms with Crippen LogP contribution in [0.1, 0.15) is 44.3 Å². The van der Waals surface area contributed by atoms with Crippen molar-refractivity contribution in [3.05, 3.63) is 48.5 Å². The molecule has 2 saturated heterocycles. The fourth-order valence-electron chi connectivity index (χ4n) is 4.25. The van der Waals surface area contributed by atoms with Crippen LogP contribution in [0, 0.1) is 0 Å². The molecule has 4 atom stereocenters. The van der Waals surface area contributed by atoms with Crippen LogP contribution in [0.4, 0.5) is 5.82 Å². The van der Waals surface area contributed by atoms with Crippen LogP contribution in [0.2, 0.25) is 18.1 Å². The first-order chi connectivity index (χ1) is 16.0. The number of carbonyl (C=O) groups excluding carboxylic acids is 1. The SMILES string of the molecule is CC(C)(C)[Si](C)(C)O[C@H]1[C@H]2OC[C@@]1(C)O[C@H]2n1cnc2c(NC(=O)c3ccccc3)ncnc21. The largest absolute Gasteiger partial charge is 0.408 e. The zero-order chi connectivity index (χ0) is 24.3. The van der Waals surface area contributed by atoms with Gasteiger partial charge in [-0.25, -0.2) is 15.0 Å². The van der Waals surface area contributed by atoms with Gasteiger partial charge in [0.2, 0.25) is 0 Å². The van der Waals surface area contributed by atoms with Crippen LogP contribution in [0.25, 0.3) is 11.2 Å². The Morgan fingerprint density at radius 3 is 2.65 bits per heavy atom. The molecule has 4 heterocycles. The molecule has 34 heavy (non-hydrogen) atoms. The number of imidazole rings is 1. The van der Waals surface area contributed by atoms with Crippen LogP contribution >= 0.6 is 0 Å². The molecule has 10 heteroatoms. The fourth-order valence-corrected chi connectivity index (χ4v) is 5.63. The summed E-state index contributed by atoms with van der Waals surface area (Å²) in [6, 6.07) is 8.98. The molecule has 2 aromatic heterocycles. The maximum Gasteiger partial charge on any atom is 0.256 e. The molecule has 3 aromatic rings. The van der Waals surface area contributed by atoms with Gasteiger partial charge in [0.05, 0.1) is 12.9 Å². The van der Waals surface area contributed by atoms with Gasteiger partial charge >= 0.3 is 0 Å². The van der Waals surface area contributed by atoms with Crippen LogP contribution in [0.15, 0.2) is 43.0 Å². The Morgan fingerprint density at radius 1 is 1.21 bits per heavy atom. The molecule has 180 valence electrons. The first-order valence-corrected chi connectivity index (χ1v) is 14.4. The van der Waals surface area contributed by atoms with E-state index in [0.29, 0.717) is 29.2 Å². The Morgan fingerprint density at radius 2 is 1.94 bits per heavy atom. The highest BCUT2D eigenvalue weighted by atomic mass is 28.4. The van der Waals surface area contributed by atoms with Gasteiger partial charge in [0, 0.05) is 5.56 Å². The van der Waals surface area contributed by atoms with E-state index in [1.54, 1.807) is 18.5 Å². The van der Waals surface area contributed by atoms with E-state index in [1.807, 2.05) is 29.7 Å². The molecule has 9 nitrogen and oxygen atoms in total. The van der Waals surface area contributed by atoms with Crippen molar-refractivity contribution in [1.29, 1.82) is 0 Å². The summed E-state index contributed by atoms with van der Waals surface area (Å²) in [6.45, 7) is 13.7. The topological polar surface area (TPSA) is 100 Å². The number of fused-ring (bicyclic) bond motifs is 3. The van der Waals surface area contributed by atoms with Crippen LogP contribution < -0.4 is 5.32 Å². The number of hydrogen-bond donors (Lipinski definition) is 1. The summed E-state index contributed by atoms with van der Waals surface area (Å²) in [7, 11) is -2.05. The number of anilines is 1. The van der Waals surface area contributed by atoms with Crippen molar-refractivity contribution in [2.75, 3.05) is 11.9 Å². The predicted octanol–water partition coefficient (Wildman–Crippen LogP) is 4.16. The molecule has 0 saturated carbocycles. The predicted molar refractivity (Wildman–Crippen MR) is 130 cm³/mol. The molecule has 2 aliphatic heterocycles. The van der Waals surface area contributed by atoms with Crippen molar-refractivity contribution in [3.63, 3.8) is 0 Å². The summed E-state index contributed by atoms with van der Waals surface area (Å²) < 4.78 is 21.3. The van der Waals surface area contributed by atoms with Gasteiger partial charge in [0.1, 0.15) is 24.1 Å². The van der Waals surface area contributed by atoms with Crippen molar-refractivity contribution in [1.82, 2.24) is 19.5 Å². The molecular formula is C24H31N5O4Si. The van der Waals surface area contributed by atoms with E-state index in [-0.39, 0.29) is 23.2 Å². The second kappa shape index (κ2) is 7.94. The second-order valence-corrected chi connectivity index (χ2v) is 15.5. The van der Waals surface area contributed by atoms with Crippen LogP contribution in [0.5, 0.6) is 0 Å². The minimum atomic E-state index is -2.05. The van der Waals surface area contributed by atoms with Gasteiger partial charge in [-0.15, -0.1) is 0 Å². The van der Waals surface area contributed by atoms with E-state index < -0.39 is 20.1 Å². The maximum absolute atomic E-state index is 12.7. The minimum Gasteiger partial charge on any atom is -0.408 e. The smallest absolute Gasteiger partial charge is 0.256 e. The van der Waals surface area contributed by atoms with Gasteiger partial charge in [0.15, 0.2) is 31.5 Å². The molecule has 0 unspecified atom stereocenters. The summed E-state index contributed by atoms with van der Waals surface area (Å²) in [5.41, 5.74) is 1.04. The van der Waals surface area contributed by atoms with Crippen molar-refractivity contribution < 1.29 is 18.7 Å². The average Bonchev–Trinajstić information content (AvgIpc) is 3.42. The number of benzene rings is 1. The van der Waals surface area contributed by atoms with Crippen LogP contribution in [0.3, 0.4) is 0 Å². The van der Waals surface area contributed by atoms with Gasteiger partial charge in [-0.3, -0.25) is 9.36 Å². The summed E-state index contributed by atoms with van der Waals surface area (Å²) in [6.07, 6.45) is 2.18. The second-order valence-electron chi connectivity index (χ2n) is 10.8. The molecule has 2 aliphatic rings. The quantitative estimate of drug-likeness (QED) is 0.546. The highest BCUT2D eigenvalue weighted by Crippen LogP contribution is 2.50. The number of aromatic nitrogens is 4. The number of rotatable bonds is 5. The minimum absolute atomic E-state index is 0.0711. The van der Waals surface area contributed by atoms with Gasteiger partial charge < -0.3 is 19.2 Å². The molecule has 5 rings (SSSR count). The number of hydrogen-bond acceptors (Lipinski definition) is 7. The zero-order valence-corrected chi connectivity index (χ0v) is 21.4.